The largest absolute Gasteiger partial charge is 0.206 e. The Morgan fingerprint density at radius 3 is 2.34 bits per heavy atom. The summed E-state index contributed by atoms with van der Waals surface area (Å²) in [6, 6.07) is 8.12. The third-order valence-electron chi connectivity index (χ3n) is 6.80. The molecule has 0 radical (unpaired) electrons. The van der Waals surface area contributed by atoms with Crippen LogP contribution in [-0.2, 0) is 6.42 Å². The maximum Gasteiger partial charge on any atom is 0.159 e. The Labute approximate surface area is 171 Å². The van der Waals surface area contributed by atoms with E-state index in [2.05, 4.69) is 13.0 Å². The van der Waals surface area contributed by atoms with E-state index in [1.54, 1.807) is 12.1 Å². The summed E-state index contributed by atoms with van der Waals surface area (Å²) < 4.78 is 42.0. The van der Waals surface area contributed by atoms with Crippen LogP contribution in [0.3, 0.4) is 0 Å². The zero-order valence-electron chi connectivity index (χ0n) is 17.1. The van der Waals surface area contributed by atoms with Crippen molar-refractivity contribution >= 4 is 11.6 Å². The van der Waals surface area contributed by atoms with Crippen molar-refractivity contribution in [3.8, 4) is 0 Å². The van der Waals surface area contributed by atoms with E-state index in [4.69, 9.17) is 0 Å². The maximum absolute atomic E-state index is 15.0. The molecule has 2 aliphatic rings. The third kappa shape index (κ3) is 4.44. The summed E-state index contributed by atoms with van der Waals surface area (Å²) in [7, 11) is 0. The number of rotatable bonds is 5. The van der Waals surface area contributed by atoms with Crippen LogP contribution >= 0.6 is 0 Å². The molecule has 0 heterocycles. The van der Waals surface area contributed by atoms with Crippen molar-refractivity contribution in [2.75, 3.05) is 0 Å². The van der Waals surface area contributed by atoms with Gasteiger partial charge in [-0.2, -0.15) is 0 Å². The molecule has 29 heavy (non-hydrogen) atoms. The zero-order chi connectivity index (χ0) is 20.4. The summed E-state index contributed by atoms with van der Waals surface area (Å²) in [5, 5.41) is 0. The fourth-order valence-electron chi connectivity index (χ4n) is 5.02. The van der Waals surface area contributed by atoms with Crippen LogP contribution in [0, 0.1) is 23.4 Å². The quantitative estimate of drug-likeness (QED) is 0.478. The molecule has 0 unspecified atom stereocenters. The molecular formula is C26H29F3. The first-order chi connectivity index (χ1) is 14.0. The number of fused-ring (bicyclic) bond motifs is 1. The molecule has 154 valence electrons. The highest BCUT2D eigenvalue weighted by atomic mass is 19.2. The monoisotopic (exact) mass is 398 g/mol. The van der Waals surface area contributed by atoms with Gasteiger partial charge in [-0.3, -0.25) is 0 Å². The maximum atomic E-state index is 15.0. The molecule has 1 fully saturated rings. The standard InChI is InChI=1S/C26H29F3/c1-2-3-4-17-5-7-18(8-6-17)19-11-12-23(24(27)14-19)21-10-9-20-15-25(28)26(29)16-22(20)13-21/h11-18H,2-10H2,1H3. The number of benzene rings is 2. The van der Waals surface area contributed by atoms with Crippen molar-refractivity contribution in [2.24, 2.45) is 5.92 Å². The van der Waals surface area contributed by atoms with Gasteiger partial charge in [-0.1, -0.05) is 44.4 Å². The van der Waals surface area contributed by atoms with Gasteiger partial charge in [0.15, 0.2) is 11.6 Å². The van der Waals surface area contributed by atoms with Gasteiger partial charge in [0.2, 0.25) is 0 Å². The first-order valence-electron chi connectivity index (χ1n) is 11.0. The molecule has 0 spiro atoms. The van der Waals surface area contributed by atoms with Gasteiger partial charge in [0.05, 0.1) is 0 Å². The number of hydrogen-bond acceptors (Lipinski definition) is 0. The number of halogens is 3. The SMILES string of the molecule is CCCCC1CCC(c2ccc(C3=Cc4cc(F)c(F)cc4CC3)c(F)c2)CC1. The number of aryl methyl sites for hydroxylation is 1. The molecule has 0 saturated heterocycles. The third-order valence-corrected chi connectivity index (χ3v) is 6.80. The predicted molar refractivity (Wildman–Crippen MR) is 113 cm³/mol. The second-order valence-corrected chi connectivity index (χ2v) is 8.73. The van der Waals surface area contributed by atoms with Gasteiger partial charge in [-0.25, -0.2) is 13.2 Å². The van der Waals surface area contributed by atoms with Crippen LogP contribution in [0.1, 0.15) is 86.5 Å². The fourth-order valence-corrected chi connectivity index (χ4v) is 5.02. The molecule has 4 rings (SSSR count). The summed E-state index contributed by atoms with van der Waals surface area (Å²) >= 11 is 0. The van der Waals surface area contributed by atoms with Crippen LogP contribution in [0.4, 0.5) is 13.2 Å². The lowest BCUT2D eigenvalue weighted by atomic mass is 9.76. The van der Waals surface area contributed by atoms with Crippen molar-refractivity contribution < 1.29 is 13.2 Å². The number of unbranched alkanes of at least 4 members (excludes halogenated alkanes) is 1. The normalized spacial score (nSPS) is 21.6. The van der Waals surface area contributed by atoms with E-state index < -0.39 is 11.6 Å². The van der Waals surface area contributed by atoms with Crippen LogP contribution in [0.25, 0.3) is 11.6 Å². The molecule has 0 aliphatic heterocycles. The van der Waals surface area contributed by atoms with Crippen LogP contribution in [0.15, 0.2) is 30.3 Å². The summed E-state index contributed by atoms with van der Waals surface area (Å²) in [4.78, 5) is 0. The Hall–Kier alpha value is -2.03. The fraction of sp³-hybridized carbons (Fsp3) is 0.462. The molecule has 0 aromatic heterocycles. The molecule has 2 aliphatic carbocycles. The summed E-state index contributed by atoms with van der Waals surface area (Å²) in [6.45, 7) is 2.24. The molecule has 0 atom stereocenters. The Kier molecular flexibility index (Phi) is 6.12. The predicted octanol–water partition coefficient (Wildman–Crippen LogP) is 8.05. The highest BCUT2D eigenvalue weighted by Crippen LogP contribution is 2.39. The lowest BCUT2D eigenvalue weighted by Gasteiger charge is -2.29. The Balaban J connectivity index is 1.49. The highest BCUT2D eigenvalue weighted by Gasteiger charge is 2.23. The molecular weight excluding hydrogens is 369 g/mol. The lowest BCUT2D eigenvalue weighted by Crippen LogP contribution is -2.13. The van der Waals surface area contributed by atoms with Gasteiger partial charge < -0.3 is 0 Å². The smallest absolute Gasteiger partial charge is 0.159 e. The van der Waals surface area contributed by atoms with Crippen molar-refractivity contribution in [2.45, 2.75) is 70.6 Å². The minimum Gasteiger partial charge on any atom is -0.206 e. The van der Waals surface area contributed by atoms with E-state index in [0.717, 1.165) is 35.5 Å². The molecule has 2 aromatic rings. The van der Waals surface area contributed by atoms with E-state index in [-0.39, 0.29) is 5.82 Å². The van der Waals surface area contributed by atoms with E-state index in [9.17, 15) is 13.2 Å². The lowest BCUT2D eigenvalue weighted by molar-refractivity contribution is 0.304. The number of allylic oxidation sites excluding steroid dienone is 1. The van der Waals surface area contributed by atoms with E-state index >= 15 is 0 Å². The van der Waals surface area contributed by atoms with Crippen LogP contribution in [0.2, 0.25) is 0 Å². The van der Waals surface area contributed by atoms with Gasteiger partial charge >= 0.3 is 0 Å². The van der Waals surface area contributed by atoms with Crippen molar-refractivity contribution in [1.82, 2.24) is 0 Å². The van der Waals surface area contributed by atoms with Crippen LogP contribution in [0.5, 0.6) is 0 Å². The Morgan fingerprint density at radius 1 is 0.862 bits per heavy atom. The highest BCUT2D eigenvalue weighted by molar-refractivity contribution is 5.84. The average molecular weight is 399 g/mol. The molecule has 0 N–H and O–H groups in total. The zero-order valence-corrected chi connectivity index (χ0v) is 17.1. The Bertz CT molecular complexity index is 904. The topological polar surface area (TPSA) is 0 Å². The van der Waals surface area contributed by atoms with E-state index in [1.165, 1.54) is 44.2 Å². The summed E-state index contributed by atoms with van der Waals surface area (Å²) in [5.74, 6) is -0.581. The molecule has 2 aromatic carbocycles. The van der Waals surface area contributed by atoms with Gasteiger partial charge in [0.25, 0.3) is 0 Å². The van der Waals surface area contributed by atoms with Crippen molar-refractivity contribution in [1.29, 1.82) is 0 Å². The number of hydrogen-bond donors (Lipinski definition) is 0. The van der Waals surface area contributed by atoms with Crippen molar-refractivity contribution in [3.05, 3.63) is 70.0 Å². The minimum absolute atomic E-state index is 0.201. The molecule has 1 saturated carbocycles. The second-order valence-electron chi connectivity index (χ2n) is 8.73. The molecule has 3 heteroatoms. The van der Waals surface area contributed by atoms with Crippen molar-refractivity contribution in [3.63, 3.8) is 0 Å². The summed E-state index contributed by atoms with van der Waals surface area (Å²) in [6.07, 6.45) is 11.7. The van der Waals surface area contributed by atoms with Gasteiger partial charge in [0, 0.05) is 5.56 Å². The minimum atomic E-state index is -0.855. The first-order valence-corrected chi connectivity index (χ1v) is 11.0. The Morgan fingerprint density at radius 2 is 1.62 bits per heavy atom. The summed E-state index contributed by atoms with van der Waals surface area (Å²) in [5.41, 5.74) is 3.98. The van der Waals surface area contributed by atoms with Gasteiger partial charge in [-0.15, -0.1) is 0 Å². The second kappa shape index (κ2) is 8.77. The molecule has 0 amide bonds. The van der Waals surface area contributed by atoms with E-state index in [1.807, 2.05) is 6.07 Å². The van der Waals surface area contributed by atoms with E-state index in [0.29, 0.717) is 29.9 Å². The van der Waals surface area contributed by atoms with Gasteiger partial charge in [0.1, 0.15) is 5.82 Å². The van der Waals surface area contributed by atoms with Crippen LogP contribution in [-0.4, -0.2) is 0 Å². The van der Waals surface area contributed by atoms with Gasteiger partial charge in [-0.05, 0) is 90.8 Å². The molecule has 0 nitrogen and oxygen atoms in total. The van der Waals surface area contributed by atoms with Crippen LogP contribution < -0.4 is 0 Å². The average Bonchev–Trinajstić information content (AvgIpc) is 2.73. The first kappa shape index (κ1) is 20.3. The molecule has 0 bridgehead atoms.